The molecule has 4 atom stereocenters. The minimum absolute atomic E-state index is 0.402. The Kier molecular flexibility index (Phi) is 4.61. The summed E-state index contributed by atoms with van der Waals surface area (Å²) in [5.41, 5.74) is 0. The number of amides is 1. The van der Waals surface area contributed by atoms with E-state index in [1.807, 2.05) is 0 Å². The predicted octanol–water partition coefficient (Wildman–Crippen LogP) is 1.09. The van der Waals surface area contributed by atoms with Crippen LogP contribution in [0.5, 0.6) is 0 Å². The molecule has 4 heterocycles. The Balaban J connectivity index is 1.30. The maximum absolute atomic E-state index is 12.8. The second-order valence-electron chi connectivity index (χ2n) is 8.17. The first-order valence-electron chi connectivity index (χ1n) is 9.54. The lowest BCUT2D eigenvalue weighted by Crippen LogP contribution is -2.47. The number of piperidine rings is 1. The molecule has 0 aliphatic carbocycles. The van der Waals surface area contributed by atoms with Gasteiger partial charge in [0, 0.05) is 50.7 Å². The Bertz CT molecular complexity index is 426. The van der Waals surface area contributed by atoms with Gasteiger partial charge in [-0.25, -0.2) is 0 Å². The molecule has 23 heavy (non-hydrogen) atoms. The number of hydrogen-bond donors (Lipinski definition) is 1. The topological polar surface area (TPSA) is 44.8 Å². The summed E-state index contributed by atoms with van der Waals surface area (Å²) in [6.07, 6.45) is 5.82. The van der Waals surface area contributed by atoms with E-state index in [4.69, 9.17) is 4.74 Å². The number of fused-ring (bicyclic) bond motifs is 2. The van der Waals surface area contributed by atoms with E-state index in [9.17, 15) is 4.79 Å². The van der Waals surface area contributed by atoms with Gasteiger partial charge < -0.3 is 15.0 Å². The SMILES string of the molecule is CC1CN(C(=O)CC2CC3CCC(C2)N3)CC1N1CCOCC1. The van der Waals surface area contributed by atoms with Crippen molar-refractivity contribution in [1.29, 1.82) is 0 Å². The number of hydrogen-bond acceptors (Lipinski definition) is 4. The second kappa shape index (κ2) is 6.69. The summed E-state index contributed by atoms with van der Waals surface area (Å²) in [6.45, 7) is 7.90. The van der Waals surface area contributed by atoms with Gasteiger partial charge in [0.2, 0.25) is 5.91 Å². The lowest BCUT2D eigenvalue weighted by molar-refractivity contribution is -0.131. The smallest absolute Gasteiger partial charge is 0.222 e. The van der Waals surface area contributed by atoms with Crippen molar-refractivity contribution < 1.29 is 9.53 Å². The molecule has 0 saturated carbocycles. The summed E-state index contributed by atoms with van der Waals surface area (Å²) >= 11 is 0. The van der Waals surface area contributed by atoms with Gasteiger partial charge in [0.1, 0.15) is 0 Å². The third kappa shape index (κ3) is 3.42. The molecule has 4 fully saturated rings. The Hall–Kier alpha value is -0.650. The summed E-state index contributed by atoms with van der Waals surface area (Å²) in [5, 5.41) is 3.68. The van der Waals surface area contributed by atoms with Gasteiger partial charge in [-0.2, -0.15) is 0 Å². The molecule has 1 amide bonds. The van der Waals surface area contributed by atoms with E-state index in [-0.39, 0.29) is 0 Å². The van der Waals surface area contributed by atoms with Crippen molar-refractivity contribution in [3.63, 3.8) is 0 Å². The average Bonchev–Trinajstić information content (AvgIpc) is 3.11. The van der Waals surface area contributed by atoms with Gasteiger partial charge in [0.05, 0.1) is 13.2 Å². The molecule has 130 valence electrons. The van der Waals surface area contributed by atoms with Crippen LogP contribution in [0.4, 0.5) is 0 Å². The first kappa shape index (κ1) is 15.9. The van der Waals surface area contributed by atoms with E-state index in [1.165, 1.54) is 25.7 Å². The van der Waals surface area contributed by atoms with E-state index < -0.39 is 0 Å². The molecular weight excluding hydrogens is 290 g/mol. The normalized spacial score (nSPS) is 41.4. The number of morpholine rings is 1. The van der Waals surface area contributed by atoms with Crippen LogP contribution in [0.25, 0.3) is 0 Å². The number of carbonyl (C=O) groups excluding carboxylic acids is 1. The van der Waals surface area contributed by atoms with Crippen molar-refractivity contribution in [3.05, 3.63) is 0 Å². The van der Waals surface area contributed by atoms with Crippen molar-refractivity contribution >= 4 is 5.91 Å². The third-order valence-corrected chi connectivity index (χ3v) is 6.47. The van der Waals surface area contributed by atoms with E-state index in [0.717, 1.165) is 45.8 Å². The molecular formula is C18H31N3O2. The molecule has 0 aromatic carbocycles. The highest BCUT2D eigenvalue weighted by atomic mass is 16.5. The van der Waals surface area contributed by atoms with Gasteiger partial charge >= 0.3 is 0 Å². The van der Waals surface area contributed by atoms with Crippen LogP contribution in [0.15, 0.2) is 0 Å². The van der Waals surface area contributed by atoms with Crippen LogP contribution in [-0.4, -0.2) is 73.2 Å². The van der Waals surface area contributed by atoms with Crippen LogP contribution >= 0.6 is 0 Å². The Morgan fingerprint density at radius 3 is 2.52 bits per heavy atom. The van der Waals surface area contributed by atoms with Crippen molar-refractivity contribution in [2.45, 2.75) is 57.2 Å². The van der Waals surface area contributed by atoms with E-state index in [2.05, 4.69) is 22.0 Å². The first-order valence-corrected chi connectivity index (χ1v) is 9.54. The number of likely N-dealkylation sites (tertiary alicyclic amines) is 1. The predicted molar refractivity (Wildman–Crippen MR) is 89.2 cm³/mol. The monoisotopic (exact) mass is 321 g/mol. The molecule has 4 saturated heterocycles. The van der Waals surface area contributed by atoms with Gasteiger partial charge in [0.15, 0.2) is 0 Å². The number of nitrogens with one attached hydrogen (secondary N) is 1. The summed E-state index contributed by atoms with van der Waals surface area (Å²) in [7, 11) is 0. The molecule has 4 aliphatic rings. The van der Waals surface area contributed by atoms with Crippen molar-refractivity contribution in [3.8, 4) is 0 Å². The molecule has 0 spiro atoms. The Labute approximate surface area is 139 Å². The van der Waals surface area contributed by atoms with E-state index >= 15 is 0 Å². The highest BCUT2D eigenvalue weighted by Gasteiger charge is 2.39. The molecule has 4 rings (SSSR count). The van der Waals surface area contributed by atoms with Gasteiger partial charge in [-0.05, 0) is 37.5 Å². The summed E-state index contributed by atoms with van der Waals surface area (Å²) in [4.78, 5) is 17.5. The van der Waals surface area contributed by atoms with Crippen LogP contribution in [0.2, 0.25) is 0 Å². The largest absolute Gasteiger partial charge is 0.379 e. The molecule has 4 unspecified atom stereocenters. The van der Waals surface area contributed by atoms with Crippen LogP contribution in [0.1, 0.15) is 39.0 Å². The summed E-state index contributed by atoms with van der Waals surface area (Å²) in [6, 6.07) is 1.90. The van der Waals surface area contributed by atoms with Gasteiger partial charge in [-0.15, -0.1) is 0 Å². The molecule has 2 bridgehead atoms. The maximum Gasteiger partial charge on any atom is 0.222 e. The van der Waals surface area contributed by atoms with Gasteiger partial charge in [-0.3, -0.25) is 9.69 Å². The van der Waals surface area contributed by atoms with Crippen molar-refractivity contribution in [1.82, 2.24) is 15.1 Å². The second-order valence-corrected chi connectivity index (χ2v) is 8.17. The Morgan fingerprint density at radius 1 is 1.13 bits per heavy atom. The van der Waals surface area contributed by atoms with E-state index in [1.54, 1.807) is 0 Å². The van der Waals surface area contributed by atoms with Crippen molar-refractivity contribution in [2.75, 3.05) is 39.4 Å². The summed E-state index contributed by atoms with van der Waals surface area (Å²) < 4.78 is 5.47. The lowest BCUT2D eigenvalue weighted by Gasteiger charge is -2.34. The minimum atomic E-state index is 0.402. The summed E-state index contributed by atoms with van der Waals surface area (Å²) in [5.74, 6) is 1.60. The zero-order chi connectivity index (χ0) is 15.8. The third-order valence-electron chi connectivity index (χ3n) is 6.47. The molecule has 0 radical (unpaired) electrons. The lowest BCUT2D eigenvalue weighted by atomic mass is 9.89. The molecule has 0 aromatic rings. The Morgan fingerprint density at radius 2 is 1.83 bits per heavy atom. The highest BCUT2D eigenvalue weighted by Crippen LogP contribution is 2.33. The number of carbonyl (C=O) groups is 1. The average molecular weight is 321 g/mol. The molecule has 5 heteroatoms. The zero-order valence-electron chi connectivity index (χ0n) is 14.4. The standard InChI is InChI=1S/C18H31N3O2/c1-13-11-21(12-17(13)20-4-6-23-7-5-20)18(22)10-14-8-15-2-3-16(9-14)19-15/h13-17,19H,2-12H2,1H3. The minimum Gasteiger partial charge on any atom is -0.379 e. The first-order chi connectivity index (χ1) is 11.2. The maximum atomic E-state index is 12.8. The van der Waals surface area contributed by atoms with Crippen LogP contribution < -0.4 is 5.32 Å². The van der Waals surface area contributed by atoms with Gasteiger partial charge in [0.25, 0.3) is 0 Å². The number of rotatable bonds is 3. The fraction of sp³-hybridized carbons (Fsp3) is 0.944. The fourth-order valence-corrected chi connectivity index (χ4v) is 5.26. The molecule has 0 aromatic heterocycles. The zero-order valence-corrected chi connectivity index (χ0v) is 14.4. The quantitative estimate of drug-likeness (QED) is 0.845. The number of ether oxygens (including phenoxy) is 1. The molecule has 5 nitrogen and oxygen atoms in total. The number of nitrogens with zero attached hydrogens (tertiary/aromatic N) is 2. The van der Waals surface area contributed by atoms with Crippen LogP contribution in [-0.2, 0) is 9.53 Å². The fourth-order valence-electron chi connectivity index (χ4n) is 5.26. The molecule has 4 aliphatic heterocycles. The highest BCUT2D eigenvalue weighted by molar-refractivity contribution is 5.77. The van der Waals surface area contributed by atoms with E-state index in [0.29, 0.717) is 35.9 Å². The molecule has 1 N–H and O–H groups in total. The van der Waals surface area contributed by atoms with Crippen molar-refractivity contribution in [2.24, 2.45) is 11.8 Å². The van der Waals surface area contributed by atoms with Gasteiger partial charge in [-0.1, -0.05) is 6.92 Å². The van der Waals surface area contributed by atoms with Crippen LogP contribution in [0.3, 0.4) is 0 Å². The van der Waals surface area contributed by atoms with Crippen LogP contribution in [0, 0.1) is 11.8 Å².